The molecule has 0 saturated heterocycles. The number of thioether (sulfide) groups is 1. The molecule has 0 aliphatic rings. The molecule has 0 saturated carbocycles. The Morgan fingerprint density at radius 2 is 2.12 bits per heavy atom. The molecule has 0 unspecified atom stereocenters. The van der Waals surface area contributed by atoms with Gasteiger partial charge in [0.1, 0.15) is 17.2 Å². The maximum Gasteiger partial charge on any atom is 0.232 e. The molecule has 1 amide bonds. The van der Waals surface area contributed by atoms with Gasteiger partial charge in [0.25, 0.3) is 0 Å². The van der Waals surface area contributed by atoms with Gasteiger partial charge in [-0.05, 0) is 13.8 Å². The maximum atomic E-state index is 11.8. The predicted octanol–water partition coefficient (Wildman–Crippen LogP) is 1.48. The van der Waals surface area contributed by atoms with E-state index in [2.05, 4.69) is 15.3 Å². The van der Waals surface area contributed by atoms with E-state index in [9.17, 15) is 4.79 Å². The van der Waals surface area contributed by atoms with Crippen LogP contribution in [0.2, 0.25) is 0 Å². The molecule has 0 aliphatic carbocycles. The van der Waals surface area contributed by atoms with E-state index in [0.29, 0.717) is 5.75 Å². The second kappa shape index (κ2) is 7.11. The number of carbonyl (C=O) groups is 1. The van der Waals surface area contributed by atoms with Crippen LogP contribution in [0.25, 0.3) is 0 Å². The molecule has 0 radical (unpaired) electrons. The first-order valence-corrected chi connectivity index (χ1v) is 6.60. The molecule has 0 bridgehead atoms. The lowest BCUT2D eigenvalue weighted by molar-refractivity contribution is -0.127. The van der Waals surface area contributed by atoms with E-state index >= 15 is 0 Å². The lowest BCUT2D eigenvalue weighted by Gasteiger charge is -2.17. The summed E-state index contributed by atoms with van der Waals surface area (Å²) in [6, 6.07) is 1.83. The van der Waals surface area contributed by atoms with Gasteiger partial charge >= 0.3 is 0 Å². The zero-order valence-corrected chi connectivity index (χ0v) is 11.3. The highest BCUT2D eigenvalue weighted by atomic mass is 32.2. The molecule has 17 heavy (non-hydrogen) atoms. The zero-order chi connectivity index (χ0) is 12.7. The fourth-order valence-corrected chi connectivity index (χ4v) is 2.13. The quantitative estimate of drug-likeness (QED) is 0.615. The van der Waals surface area contributed by atoms with Gasteiger partial charge in [0, 0.05) is 26.2 Å². The van der Waals surface area contributed by atoms with Crippen molar-refractivity contribution >= 4 is 23.5 Å². The molecule has 6 heteroatoms. The first-order chi connectivity index (χ1) is 8.21. The number of aromatic nitrogens is 2. The molecule has 94 valence electrons. The van der Waals surface area contributed by atoms with Crippen LogP contribution < -0.4 is 5.32 Å². The molecule has 0 aromatic carbocycles. The van der Waals surface area contributed by atoms with Gasteiger partial charge in [0.05, 0.1) is 5.75 Å². The Morgan fingerprint density at radius 1 is 1.41 bits per heavy atom. The summed E-state index contributed by atoms with van der Waals surface area (Å²) >= 11 is 1.43. The van der Waals surface area contributed by atoms with Gasteiger partial charge in [0.15, 0.2) is 0 Å². The SMILES string of the molecule is CCN(CC)C(=O)CSc1cc(NC)ncn1. The molecule has 5 nitrogen and oxygen atoms in total. The van der Waals surface area contributed by atoms with Crippen molar-refractivity contribution in [2.45, 2.75) is 18.9 Å². The summed E-state index contributed by atoms with van der Waals surface area (Å²) in [4.78, 5) is 21.7. The number of rotatable bonds is 6. The smallest absolute Gasteiger partial charge is 0.232 e. The Hall–Kier alpha value is -1.30. The van der Waals surface area contributed by atoms with Gasteiger partial charge in [-0.15, -0.1) is 0 Å². The third-order valence-electron chi connectivity index (χ3n) is 2.36. The Kier molecular flexibility index (Phi) is 5.76. The van der Waals surface area contributed by atoms with E-state index in [1.165, 1.54) is 18.1 Å². The number of hydrogen-bond donors (Lipinski definition) is 1. The van der Waals surface area contributed by atoms with Crippen molar-refractivity contribution in [3.05, 3.63) is 12.4 Å². The first kappa shape index (κ1) is 13.8. The van der Waals surface area contributed by atoms with Gasteiger partial charge in [-0.1, -0.05) is 11.8 Å². The van der Waals surface area contributed by atoms with E-state index in [1.807, 2.05) is 24.8 Å². The average Bonchev–Trinajstić information content (AvgIpc) is 2.38. The van der Waals surface area contributed by atoms with E-state index in [0.717, 1.165) is 23.9 Å². The van der Waals surface area contributed by atoms with Crippen molar-refractivity contribution in [1.82, 2.24) is 14.9 Å². The fraction of sp³-hybridized carbons (Fsp3) is 0.545. The van der Waals surface area contributed by atoms with Gasteiger partial charge in [-0.2, -0.15) is 0 Å². The van der Waals surface area contributed by atoms with Crippen molar-refractivity contribution in [2.24, 2.45) is 0 Å². The topological polar surface area (TPSA) is 58.1 Å². The zero-order valence-electron chi connectivity index (χ0n) is 10.4. The van der Waals surface area contributed by atoms with Gasteiger partial charge in [0.2, 0.25) is 5.91 Å². The lowest BCUT2D eigenvalue weighted by atomic mass is 10.5. The summed E-state index contributed by atoms with van der Waals surface area (Å²) in [6.45, 7) is 5.47. The van der Waals surface area contributed by atoms with Crippen LogP contribution in [-0.4, -0.2) is 46.7 Å². The molecule has 1 heterocycles. The van der Waals surface area contributed by atoms with Gasteiger partial charge in [-0.25, -0.2) is 9.97 Å². The van der Waals surface area contributed by atoms with E-state index in [-0.39, 0.29) is 5.91 Å². The summed E-state index contributed by atoms with van der Waals surface area (Å²) in [6.07, 6.45) is 1.50. The number of anilines is 1. The highest BCUT2D eigenvalue weighted by Crippen LogP contribution is 2.17. The summed E-state index contributed by atoms with van der Waals surface area (Å²) in [5.41, 5.74) is 0. The minimum atomic E-state index is 0.143. The lowest BCUT2D eigenvalue weighted by Crippen LogP contribution is -2.31. The normalized spacial score (nSPS) is 10.1. The Balaban J connectivity index is 2.52. The van der Waals surface area contributed by atoms with Crippen molar-refractivity contribution in [3.63, 3.8) is 0 Å². The number of carbonyl (C=O) groups excluding carboxylic acids is 1. The maximum absolute atomic E-state index is 11.8. The van der Waals surface area contributed by atoms with Crippen LogP contribution >= 0.6 is 11.8 Å². The molecule has 0 aliphatic heterocycles. The monoisotopic (exact) mass is 254 g/mol. The Morgan fingerprint density at radius 3 is 2.71 bits per heavy atom. The molecule has 1 N–H and O–H groups in total. The van der Waals surface area contributed by atoms with E-state index in [1.54, 1.807) is 7.05 Å². The molecule has 0 fully saturated rings. The molecular weight excluding hydrogens is 236 g/mol. The van der Waals surface area contributed by atoms with Crippen molar-refractivity contribution < 1.29 is 4.79 Å². The van der Waals surface area contributed by atoms with Crippen molar-refractivity contribution in [3.8, 4) is 0 Å². The van der Waals surface area contributed by atoms with Crippen LogP contribution in [0.15, 0.2) is 17.4 Å². The molecule has 0 atom stereocenters. The molecule has 1 rings (SSSR count). The summed E-state index contributed by atoms with van der Waals surface area (Å²) in [5.74, 6) is 1.32. The number of nitrogens with one attached hydrogen (secondary N) is 1. The predicted molar refractivity (Wildman–Crippen MR) is 70.2 cm³/mol. The standard InChI is InChI=1S/C11H18N4OS/c1-4-15(5-2)11(16)7-17-10-6-9(12-3)13-8-14-10/h6,8H,4-5,7H2,1-3H3,(H,12,13,14). The summed E-state index contributed by atoms with van der Waals surface area (Å²) < 4.78 is 0. The molecular formula is C11H18N4OS. The molecule has 1 aromatic heterocycles. The van der Waals surface area contributed by atoms with E-state index in [4.69, 9.17) is 0 Å². The van der Waals surface area contributed by atoms with Crippen LogP contribution in [0, 0.1) is 0 Å². The van der Waals surface area contributed by atoms with Gasteiger partial charge in [-0.3, -0.25) is 4.79 Å². The minimum absolute atomic E-state index is 0.143. The second-order valence-corrected chi connectivity index (χ2v) is 4.34. The number of hydrogen-bond acceptors (Lipinski definition) is 5. The minimum Gasteiger partial charge on any atom is -0.373 e. The first-order valence-electron chi connectivity index (χ1n) is 5.61. The third kappa shape index (κ3) is 4.22. The van der Waals surface area contributed by atoms with Crippen LogP contribution in [-0.2, 0) is 4.79 Å². The highest BCUT2D eigenvalue weighted by molar-refractivity contribution is 7.99. The molecule has 1 aromatic rings. The van der Waals surface area contributed by atoms with E-state index < -0.39 is 0 Å². The number of nitrogens with zero attached hydrogens (tertiary/aromatic N) is 3. The largest absolute Gasteiger partial charge is 0.373 e. The molecule has 0 spiro atoms. The fourth-order valence-electron chi connectivity index (χ4n) is 1.36. The third-order valence-corrected chi connectivity index (χ3v) is 3.27. The van der Waals surface area contributed by atoms with Crippen LogP contribution in [0.5, 0.6) is 0 Å². The average molecular weight is 254 g/mol. The van der Waals surface area contributed by atoms with Crippen molar-refractivity contribution in [2.75, 3.05) is 31.2 Å². The summed E-state index contributed by atoms with van der Waals surface area (Å²) in [5, 5.41) is 3.75. The Bertz CT molecular complexity index is 368. The summed E-state index contributed by atoms with van der Waals surface area (Å²) in [7, 11) is 1.80. The second-order valence-electron chi connectivity index (χ2n) is 3.35. The van der Waals surface area contributed by atoms with Crippen LogP contribution in [0.4, 0.5) is 5.82 Å². The van der Waals surface area contributed by atoms with Gasteiger partial charge < -0.3 is 10.2 Å². The van der Waals surface area contributed by atoms with Crippen molar-refractivity contribution in [1.29, 1.82) is 0 Å². The number of amides is 1. The van der Waals surface area contributed by atoms with Crippen LogP contribution in [0.1, 0.15) is 13.8 Å². The Labute approximate surface area is 106 Å². The highest BCUT2D eigenvalue weighted by Gasteiger charge is 2.10. The van der Waals surface area contributed by atoms with Crippen LogP contribution in [0.3, 0.4) is 0 Å².